The first-order valence-corrected chi connectivity index (χ1v) is 8.91. The van der Waals surface area contributed by atoms with Crippen molar-refractivity contribution in [1.29, 1.82) is 0 Å². The van der Waals surface area contributed by atoms with Crippen LogP contribution in [-0.4, -0.2) is 41.7 Å². The summed E-state index contributed by atoms with van der Waals surface area (Å²) in [4.78, 5) is 37.0. The normalized spacial score (nSPS) is 22.2. The van der Waals surface area contributed by atoms with Crippen molar-refractivity contribution < 1.29 is 18.8 Å². The molecule has 2 aromatic rings. The summed E-state index contributed by atoms with van der Waals surface area (Å²) in [7, 11) is 0. The summed E-state index contributed by atoms with van der Waals surface area (Å²) in [6.07, 6.45) is -0.868. The van der Waals surface area contributed by atoms with Gasteiger partial charge in [0.05, 0.1) is 6.04 Å². The number of carbonyl (C=O) groups excluding carboxylic acids is 3. The van der Waals surface area contributed by atoms with E-state index in [0.717, 1.165) is 5.39 Å². The minimum absolute atomic E-state index is 0.100. The van der Waals surface area contributed by atoms with Gasteiger partial charge in [-0.25, -0.2) is 9.59 Å². The Labute approximate surface area is 159 Å². The quantitative estimate of drug-likeness (QED) is 0.620. The number of halogens is 1. The summed E-state index contributed by atoms with van der Waals surface area (Å²) in [6, 6.07) is 6.14. The lowest BCUT2D eigenvalue weighted by Crippen LogP contribution is -2.45. The summed E-state index contributed by atoms with van der Waals surface area (Å²) in [6.45, 7) is 2.00. The van der Waals surface area contributed by atoms with E-state index in [1.165, 1.54) is 4.90 Å². The Morgan fingerprint density at radius 2 is 2.11 bits per heavy atom. The number of urea groups is 2. The molecule has 9 nitrogen and oxygen atoms in total. The average Bonchev–Trinajstić information content (AvgIpc) is 3.25. The molecule has 2 aliphatic heterocycles. The number of furan rings is 1. The molecule has 1 aromatic heterocycles. The molecule has 142 valence electrons. The molecule has 3 atom stereocenters. The first kappa shape index (κ1) is 17.5. The van der Waals surface area contributed by atoms with Crippen molar-refractivity contribution >= 4 is 40.5 Å². The first-order valence-electron chi connectivity index (χ1n) is 8.53. The Kier molecular flexibility index (Phi) is 4.31. The van der Waals surface area contributed by atoms with Gasteiger partial charge in [-0.15, -0.1) is 0 Å². The number of benzene rings is 1. The Morgan fingerprint density at radius 1 is 1.30 bits per heavy atom. The third kappa shape index (κ3) is 3.37. The molecule has 0 saturated carbocycles. The minimum atomic E-state index is -0.490. The number of hydrogen-bond donors (Lipinski definition) is 4. The molecule has 2 saturated heterocycles. The monoisotopic (exact) mass is 391 g/mol. The van der Waals surface area contributed by atoms with Gasteiger partial charge in [0.25, 0.3) is 0 Å². The number of rotatable bonds is 5. The number of carbonyl (C=O) groups is 3. The fraction of sp³-hybridized carbons (Fsp3) is 0.353. The second-order valence-electron chi connectivity index (χ2n) is 6.55. The van der Waals surface area contributed by atoms with Crippen LogP contribution in [-0.2, 0) is 4.79 Å². The molecule has 2 fully saturated rings. The molecule has 4 N–H and O–H groups in total. The molecule has 0 radical (unpaired) electrons. The third-order valence-corrected chi connectivity index (χ3v) is 4.87. The van der Waals surface area contributed by atoms with Crippen molar-refractivity contribution in [2.75, 3.05) is 6.54 Å². The van der Waals surface area contributed by atoms with Crippen LogP contribution in [0.4, 0.5) is 9.59 Å². The van der Waals surface area contributed by atoms with Crippen molar-refractivity contribution in [2.24, 2.45) is 0 Å². The Hall–Kier alpha value is -2.94. The SMILES string of the molecule is C[C@H](NC(=O)CCN1C(=O)N[C@H]2NC(=O)N[C@H]21)c1cc2cc(Cl)ccc2o1. The molecule has 4 rings (SSSR count). The van der Waals surface area contributed by atoms with E-state index in [-0.39, 0.29) is 37.0 Å². The van der Waals surface area contributed by atoms with E-state index in [4.69, 9.17) is 16.0 Å². The van der Waals surface area contributed by atoms with E-state index in [0.29, 0.717) is 16.4 Å². The van der Waals surface area contributed by atoms with Gasteiger partial charge in [-0.2, -0.15) is 0 Å². The first-order chi connectivity index (χ1) is 12.9. The van der Waals surface area contributed by atoms with Crippen molar-refractivity contribution in [2.45, 2.75) is 31.7 Å². The predicted octanol–water partition coefficient (Wildman–Crippen LogP) is 1.64. The molecule has 10 heteroatoms. The zero-order chi connectivity index (χ0) is 19.1. The molecule has 0 aliphatic carbocycles. The van der Waals surface area contributed by atoms with Crippen LogP contribution < -0.4 is 21.3 Å². The fourth-order valence-electron chi connectivity index (χ4n) is 3.29. The van der Waals surface area contributed by atoms with Gasteiger partial charge in [0, 0.05) is 23.4 Å². The van der Waals surface area contributed by atoms with E-state index >= 15 is 0 Å². The molecule has 0 spiro atoms. The maximum absolute atomic E-state index is 12.3. The van der Waals surface area contributed by atoms with Crippen LogP contribution in [0.3, 0.4) is 0 Å². The van der Waals surface area contributed by atoms with Crippen LogP contribution in [0, 0.1) is 0 Å². The smallest absolute Gasteiger partial charge is 0.320 e. The second-order valence-corrected chi connectivity index (χ2v) is 6.99. The molecule has 3 heterocycles. The number of nitrogens with zero attached hydrogens (tertiary/aromatic N) is 1. The standard InChI is InChI=1S/C17H18ClN5O4/c1-8(12-7-9-6-10(18)2-3-11(9)27-12)19-13(24)4-5-23-15-14(21-17(23)26)20-16(25)22-15/h2-3,6-8,14-15H,4-5H2,1H3,(H,19,24)(H,21,26)(H2,20,22,25)/t8-,14+,15-/m0/s1. The third-order valence-electron chi connectivity index (χ3n) is 4.64. The molecular weight excluding hydrogens is 374 g/mol. The van der Waals surface area contributed by atoms with Gasteiger partial charge in [0.1, 0.15) is 23.7 Å². The lowest BCUT2D eigenvalue weighted by Gasteiger charge is -2.21. The van der Waals surface area contributed by atoms with E-state index in [1.807, 2.05) is 13.0 Å². The Morgan fingerprint density at radius 3 is 2.93 bits per heavy atom. The summed E-state index contributed by atoms with van der Waals surface area (Å²) >= 11 is 5.98. The molecule has 2 aliphatic rings. The maximum atomic E-state index is 12.3. The minimum Gasteiger partial charge on any atom is -0.459 e. The van der Waals surface area contributed by atoms with Gasteiger partial charge in [-0.05, 0) is 31.2 Å². The highest BCUT2D eigenvalue weighted by atomic mass is 35.5. The van der Waals surface area contributed by atoms with Gasteiger partial charge < -0.3 is 25.7 Å². The van der Waals surface area contributed by atoms with Crippen LogP contribution in [0.1, 0.15) is 25.1 Å². The molecule has 1 aromatic carbocycles. The average molecular weight is 392 g/mol. The second kappa shape index (κ2) is 6.66. The predicted molar refractivity (Wildman–Crippen MR) is 96.9 cm³/mol. The van der Waals surface area contributed by atoms with Crippen LogP contribution in [0.25, 0.3) is 11.0 Å². The van der Waals surface area contributed by atoms with Crippen molar-refractivity contribution in [3.63, 3.8) is 0 Å². The van der Waals surface area contributed by atoms with E-state index < -0.39 is 12.3 Å². The van der Waals surface area contributed by atoms with Crippen LogP contribution >= 0.6 is 11.6 Å². The molecular formula is C17H18ClN5O4. The number of fused-ring (bicyclic) bond motifs is 2. The highest BCUT2D eigenvalue weighted by Crippen LogP contribution is 2.26. The topological polar surface area (TPSA) is 116 Å². The van der Waals surface area contributed by atoms with Gasteiger partial charge in [0.2, 0.25) is 5.91 Å². The lowest BCUT2D eigenvalue weighted by atomic mass is 10.2. The van der Waals surface area contributed by atoms with E-state index in [9.17, 15) is 14.4 Å². The summed E-state index contributed by atoms with van der Waals surface area (Å²) in [5.74, 6) is 0.390. The van der Waals surface area contributed by atoms with Gasteiger partial charge in [-0.3, -0.25) is 9.69 Å². The van der Waals surface area contributed by atoms with Crippen LogP contribution in [0.2, 0.25) is 5.02 Å². The number of amides is 5. The van der Waals surface area contributed by atoms with Crippen LogP contribution in [0.15, 0.2) is 28.7 Å². The lowest BCUT2D eigenvalue weighted by molar-refractivity contribution is -0.122. The molecule has 0 bridgehead atoms. The zero-order valence-electron chi connectivity index (χ0n) is 14.4. The number of nitrogens with one attached hydrogen (secondary N) is 4. The van der Waals surface area contributed by atoms with Gasteiger partial charge >= 0.3 is 12.1 Å². The number of hydrogen-bond acceptors (Lipinski definition) is 4. The van der Waals surface area contributed by atoms with Crippen molar-refractivity contribution in [3.8, 4) is 0 Å². The molecule has 5 amide bonds. The summed E-state index contributed by atoms with van der Waals surface area (Å²) in [5.41, 5.74) is 0.694. The molecule has 0 unspecified atom stereocenters. The summed E-state index contributed by atoms with van der Waals surface area (Å²) < 4.78 is 5.75. The largest absolute Gasteiger partial charge is 0.459 e. The van der Waals surface area contributed by atoms with Gasteiger partial charge in [0.15, 0.2) is 0 Å². The Bertz CT molecular complexity index is 929. The van der Waals surface area contributed by atoms with E-state index in [2.05, 4.69) is 21.3 Å². The van der Waals surface area contributed by atoms with Gasteiger partial charge in [-0.1, -0.05) is 11.6 Å². The van der Waals surface area contributed by atoms with Crippen LogP contribution in [0.5, 0.6) is 0 Å². The van der Waals surface area contributed by atoms with E-state index in [1.54, 1.807) is 18.2 Å². The molecule has 27 heavy (non-hydrogen) atoms. The van der Waals surface area contributed by atoms with Crippen molar-refractivity contribution in [3.05, 3.63) is 35.0 Å². The highest BCUT2D eigenvalue weighted by molar-refractivity contribution is 6.31. The maximum Gasteiger partial charge on any atom is 0.320 e. The fourth-order valence-corrected chi connectivity index (χ4v) is 3.47. The Balaban J connectivity index is 1.34. The zero-order valence-corrected chi connectivity index (χ0v) is 15.2. The highest BCUT2D eigenvalue weighted by Gasteiger charge is 2.45. The van der Waals surface area contributed by atoms with Crippen molar-refractivity contribution in [1.82, 2.24) is 26.2 Å². The summed E-state index contributed by atoms with van der Waals surface area (Å²) in [5, 5.41) is 12.2.